The highest BCUT2D eigenvalue weighted by molar-refractivity contribution is 7.22. The third kappa shape index (κ3) is 2.66. The number of aromatic nitrogens is 1. The normalized spacial score (nSPS) is 12.0. The van der Waals surface area contributed by atoms with Gasteiger partial charge in [-0.1, -0.05) is 11.3 Å². The Morgan fingerprint density at radius 2 is 1.85 bits per heavy atom. The van der Waals surface area contributed by atoms with Crippen molar-refractivity contribution in [2.24, 2.45) is 5.10 Å². The molecule has 0 unspecified atom stereocenters. The zero-order valence-electron chi connectivity index (χ0n) is 13.5. The number of ether oxygens (including phenoxy) is 1. The van der Waals surface area contributed by atoms with Gasteiger partial charge in [-0.3, -0.25) is 19.8 Å². The summed E-state index contributed by atoms with van der Waals surface area (Å²) < 4.78 is 6.08. The van der Waals surface area contributed by atoms with Gasteiger partial charge in [0.25, 0.3) is 0 Å². The third-order valence-corrected chi connectivity index (χ3v) is 4.83. The Kier molecular flexibility index (Phi) is 3.81. The number of hydrogen-bond acceptors (Lipinski definition) is 8. The van der Waals surface area contributed by atoms with Crippen LogP contribution in [0.5, 0.6) is 5.75 Å². The maximum absolute atomic E-state index is 12.5. The molecule has 0 atom stereocenters. The predicted octanol–water partition coefficient (Wildman–Crippen LogP) is 0.914. The molecule has 4 rings (SSSR count). The lowest BCUT2D eigenvalue weighted by molar-refractivity contribution is 0.415. The van der Waals surface area contributed by atoms with Crippen LogP contribution in [0.25, 0.3) is 10.2 Å². The van der Waals surface area contributed by atoms with E-state index in [4.69, 9.17) is 4.74 Å². The molecule has 26 heavy (non-hydrogen) atoms. The van der Waals surface area contributed by atoms with Crippen molar-refractivity contribution in [3.63, 3.8) is 0 Å². The average Bonchev–Trinajstić information content (AvgIpc) is 3.05. The number of nitrogens with one attached hydrogen (secondary N) is 1. The van der Waals surface area contributed by atoms with Gasteiger partial charge in [0.05, 0.1) is 22.5 Å². The average molecular weight is 365 g/mol. The summed E-state index contributed by atoms with van der Waals surface area (Å²) in [6.07, 6.45) is 0. The standard InChI is InChI=1S/C18H11N3O4S/c1-25-9-2-4-11-15(8-9)26-18(19-11)21-20-12-5-3-10-13(22)6-7-14(23)16(10)17(12)24/h2-8H,1H3,(H,19,21)/b20-12+. The molecule has 1 heterocycles. The third-order valence-electron chi connectivity index (χ3n) is 3.90. The molecule has 8 heteroatoms. The topological polar surface area (TPSA) is 97.7 Å². The fourth-order valence-corrected chi connectivity index (χ4v) is 3.46. The quantitative estimate of drug-likeness (QED) is 0.542. The summed E-state index contributed by atoms with van der Waals surface area (Å²) in [6, 6.07) is 10.6. The van der Waals surface area contributed by atoms with Gasteiger partial charge in [-0.05, 0) is 42.5 Å². The minimum absolute atomic E-state index is 0.0389. The molecule has 7 nitrogen and oxygen atoms in total. The minimum atomic E-state index is -0.583. The second-order valence-corrected chi connectivity index (χ2v) is 6.51. The monoisotopic (exact) mass is 365 g/mol. The number of methoxy groups -OCH3 is 1. The first-order valence-electron chi connectivity index (χ1n) is 7.59. The summed E-state index contributed by atoms with van der Waals surface area (Å²) in [5.74, 6) is 0.720. The van der Waals surface area contributed by atoms with Crippen LogP contribution in [0.2, 0.25) is 0 Å². The summed E-state index contributed by atoms with van der Waals surface area (Å²) >= 11 is 1.35. The molecule has 0 amide bonds. The van der Waals surface area contributed by atoms with Crippen LogP contribution in [0.3, 0.4) is 0 Å². The Hall–Kier alpha value is -3.39. The van der Waals surface area contributed by atoms with Crippen molar-refractivity contribution in [2.75, 3.05) is 12.5 Å². The highest BCUT2D eigenvalue weighted by Gasteiger charge is 2.06. The second kappa shape index (κ2) is 6.16. The lowest BCUT2D eigenvalue weighted by Crippen LogP contribution is -2.32. The van der Waals surface area contributed by atoms with Crippen LogP contribution in [-0.4, -0.2) is 12.1 Å². The van der Waals surface area contributed by atoms with Crippen molar-refractivity contribution < 1.29 is 4.74 Å². The van der Waals surface area contributed by atoms with Crippen LogP contribution in [0.1, 0.15) is 0 Å². The van der Waals surface area contributed by atoms with E-state index in [0.29, 0.717) is 5.13 Å². The number of rotatable bonds is 3. The Morgan fingerprint density at radius 1 is 1.04 bits per heavy atom. The van der Waals surface area contributed by atoms with E-state index < -0.39 is 10.9 Å². The first-order chi connectivity index (χ1) is 12.6. The first kappa shape index (κ1) is 16.1. The van der Waals surface area contributed by atoms with E-state index in [1.807, 2.05) is 12.1 Å². The molecule has 0 radical (unpaired) electrons. The zero-order valence-corrected chi connectivity index (χ0v) is 14.3. The van der Waals surface area contributed by atoms with Gasteiger partial charge in [0.1, 0.15) is 11.1 Å². The fraction of sp³-hybridized carbons (Fsp3) is 0.0556. The predicted molar refractivity (Wildman–Crippen MR) is 98.3 cm³/mol. The van der Waals surface area contributed by atoms with E-state index in [9.17, 15) is 14.4 Å². The molecule has 0 fully saturated rings. The van der Waals surface area contributed by atoms with Gasteiger partial charge in [0, 0.05) is 5.22 Å². The van der Waals surface area contributed by atoms with Gasteiger partial charge in [-0.2, -0.15) is 5.10 Å². The molecular weight excluding hydrogens is 354 g/mol. The maximum atomic E-state index is 12.5. The fourth-order valence-electron chi connectivity index (χ4n) is 2.62. The summed E-state index contributed by atoms with van der Waals surface area (Å²) in [4.78, 5) is 40.6. The summed E-state index contributed by atoms with van der Waals surface area (Å²) in [5, 5.41) is 4.54. The van der Waals surface area contributed by atoms with E-state index >= 15 is 0 Å². The maximum Gasteiger partial charge on any atom is 0.217 e. The number of anilines is 1. The molecule has 1 aromatic heterocycles. The SMILES string of the molecule is COc1ccc2nc(N/N=c3\ccc4c(=O)ccc(=O)c=4c3=O)sc2c1. The van der Waals surface area contributed by atoms with Crippen molar-refractivity contribution in [1.82, 2.24) is 4.98 Å². The van der Waals surface area contributed by atoms with Gasteiger partial charge >= 0.3 is 0 Å². The van der Waals surface area contributed by atoms with Crippen molar-refractivity contribution >= 4 is 26.7 Å². The Bertz CT molecular complexity index is 1420. The molecule has 1 N–H and O–H groups in total. The smallest absolute Gasteiger partial charge is 0.217 e. The second-order valence-electron chi connectivity index (χ2n) is 5.47. The molecular formula is C18H11N3O4S. The number of benzene rings is 1. The lowest BCUT2D eigenvalue weighted by Gasteiger charge is -1.96. The van der Waals surface area contributed by atoms with Gasteiger partial charge in [0.15, 0.2) is 10.9 Å². The lowest BCUT2D eigenvalue weighted by atomic mass is 10.1. The largest absolute Gasteiger partial charge is 0.497 e. The Labute approximate surface area is 149 Å². The molecule has 0 saturated carbocycles. The summed E-state index contributed by atoms with van der Waals surface area (Å²) in [6.45, 7) is 0. The van der Waals surface area contributed by atoms with Crippen molar-refractivity contribution in [3.05, 3.63) is 88.9 Å². The Morgan fingerprint density at radius 3 is 2.65 bits per heavy atom. The van der Waals surface area contributed by atoms with Crippen LogP contribution in [-0.2, 0) is 0 Å². The van der Waals surface area contributed by atoms with E-state index in [1.54, 1.807) is 13.2 Å². The van der Waals surface area contributed by atoms with Crippen molar-refractivity contribution in [3.8, 4) is 5.75 Å². The van der Waals surface area contributed by atoms with Crippen LogP contribution in [0, 0.1) is 10.4 Å². The molecule has 1 aromatic carbocycles. The van der Waals surface area contributed by atoms with Gasteiger partial charge in [-0.15, -0.1) is 0 Å². The van der Waals surface area contributed by atoms with E-state index in [2.05, 4.69) is 15.5 Å². The van der Waals surface area contributed by atoms with Crippen LogP contribution in [0.15, 0.2) is 61.9 Å². The van der Waals surface area contributed by atoms with E-state index in [1.165, 1.54) is 23.5 Å². The molecule has 2 aliphatic carbocycles. The minimum Gasteiger partial charge on any atom is -0.497 e. The molecule has 128 valence electrons. The Balaban J connectivity index is 1.81. The molecule has 2 aliphatic rings. The molecule has 0 spiro atoms. The number of fused-ring (bicyclic) bond motifs is 1. The molecule has 0 saturated heterocycles. The van der Waals surface area contributed by atoms with Crippen LogP contribution in [0.4, 0.5) is 5.13 Å². The number of nitrogens with zero attached hydrogens (tertiary/aromatic N) is 2. The van der Waals surface area contributed by atoms with Crippen molar-refractivity contribution in [1.29, 1.82) is 0 Å². The summed E-state index contributed by atoms with van der Waals surface area (Å²) in [5.41, 5.74) is 2.07. The van der Waals surface area contributed by atoms with Gasteiger partial charge in [-0.25, -0.2) is 4.98 Å². The molecule has 2 aromatic rings. The van der Waals surface area contributed by atoms with E-state index in [-0.39, 0.29) is 21.2 Å². The highest BCUT2D eigenvalue weighted by atomic mass is 32.1. The van der Waals surface area contributed by atoms with E-state index in [0.717, 1.165) is 28.1 Å². The van der Waals surface area contributed by atoms with Crippen LogP contribution < -0.4 is 31.8 Å². The van der Waals surface area contributed by atoms with Gasteiger partial charge < -0.3 is 4.74 Å². The molecule has 0 bridgehead atoms. The van der Waals surface area contributed by atoms with Crippen molar-refractivity contribution in [2.45, 2.75) is 0 Å². The number of hydrogen-bond donors (Lipinski definition) is 1. The first-order valence-corrected chi connectivity index (χ1v) is 8.40. The molecule has 0 aliphatic heterocycles. The number of thiazole rings is 1. The highest BCUT2D eigenvalue weighted by Crippen LogP contribution is 2.28. The zero-order chi connectivity index (χ0) is 18.3. The summed E-state index contributed by atoms with van der Waals surface area (Å²) in [7, 11) is 1.59. The van der Waals surface area contributed by atoms with Gasteiger partial charge in [0.2, 0.25) is 10.6 Å². The van der Waals surface area contributed by atoms with Crippen LogP contribution >= 0.6 is 11.3 Å².